The molecule has 1 aromatic carbocycles. The molecule has 108 valence electrons. The van der Waals surface area contributed by atoms with Crippen LogP contribution in [0.5, 0.6) is 0 Å². The number of piperidine rings is 1. The van der Waals surface area contributed by atoms with Crippen LogP contribution in [0.25, 0.3) is 0 Å². The van der Waals surface area contributed by atoms with Gasteiger partial charge in [-0.15, -0.1) is 0 Å². The molecule has 1 heterocycles. The number of hydrogen-bond acceptors (Lipinski definition) is 3. The van der Waals surface area contributed by atoms with E-state index in [-0.39, 0.29) is 29.8 Å². The zero-order valence-corrected chi connectivity index (χ0v) is 11.6. The highest BCUT2D eigenvalue weighted by Crippen LogP contribution is 2.19. The molecule has 0 bridgehead atoms. The number of nitrogens with one attached hydrogen (secondary N) is 2. The average molecular weight is 275 g/mol. The van der Waals surface area contributed by atoms with E-state index in [1.165, 1.54) is 0 Å². The van der Waals surface area contributed by atoms with Crippen molar-refractivity contribution in [3.05, 3.63) is 35.9 Å². The van der Waals surface area contributed by atoms with Gasteiger partial charge in [0.25, 0.3) is 0 Å². The van der Waals surface area contributed by atoms with Gasteiger partial charge in [-0.1, -0.05) is 37.3 Å². The first-order valence-electron chi connectivity index (χ1n) is 6.95. The fourth-order valence-corrected chi connectivity index (χ4v) is 2.32. The molecule has 3 atom stereocenters. The lowest BCUT2D eigenvalue weighted by Crippen LogP contribution is -2.50. The summed E-state index contributed by atoms with van der Waals surface area (Å²) < 4.78 is 0. The van der Waals surface area contributed by atoms with Gasteiger partial charge in [-0.25, -0.2) is 0 Å². The molecule has 4 N–H and O–H groups in total. The van der Waals surface area contributed by atoms with E-state index in [4.69, 9.17) is 5.73 Å². The van der Waals surface area contributed by atoms with Crippen molar-refractivity contribution >= 4 is 11.8 Å². The topological polar surface area (TPSA) is 84.2 Å². The molecule has 0 radical (unpaired) electrons. The Kier molecular flexibility index (Phi) is 4.74. The minimum atomic E-state index is -0.325. The molecule has 3 unspecified atom stereocenters. The van der Waals surface area contributed by atoms with Crippen LogP contribution in [0.3, 0.4) is 0 Å². The van der Waals surface area contributed by atoms with Crippen molar-refractivity contribution in [3.63, 3.8) is 0 Å². The summed E-state index contributed by atoms with van der Waals surface area (Å²) in [6.07, 6.45) is 1.15. The molecule has 0 saturated carbocycles. The Balaban J connectivity index is 1.90. The second-order valence-electron chi connectivity index (χ2n) is 5.27. The van der Waals surface area contributed by atoms with Crippen LogP contribution in [-0.2, 0) is 9.59 Å². The Morgan fingerprint density at radius 2 is 2.10 bits per heavy atom. The van der Waals surface area contributed by atoms with Crippen molar-refractivity contribution in [2.45, 2.75) is 31.8 Å². The minimum Gasteiger partial charge on any atom is -0.354 e. The lowest BCUT2D eigenvalue weighted by molar-refractivity contribution is -0.128. The summed E-state index contributed by atoms with van der Waals surface area (Å²) in [5.41, 5.74) is 7.09. The van der Waals surface area contributed by atoms with Gasteiger partial charge >= 0.3 is 0 Å². The molecular formula is C15H21N3O2. The van der Waals surface area contributed by atoms with Gasteiger partial charge in [0.15, 0.2) is 0 Å². The molecule has 1 fully saturated rings. The lowest BCUT2D eigenvalue weighted by atomic mass is 9.94. The Labute approximate surface area is 118 Å². The van der Waals surface area contributed by atoms with Crippen LogP contribution >= 0.6 is 0 Å². The summed E-state index contributed by atoms with van der Waals surface area (Å²) in [4.78, 5) is 23.3. The SMILES string of the molecule is CC(C(=O)NC1CCC(=O)NC1)C(N)c1ccccc1. The summed E-state index contributed by atoms with van der Waals surface area (Å²) in [6.45, 7) is 2.33. The molecule has 2 rings (SSSR count). The second kappa shape index (κ2) is 6.52. The molecule has 1 aliphatic heterocycles. The molecule has 5 heteroatoms. The van der Waals surface area contributed by atoms with Crippen molar-refractivity contribution in [2.75, 3.05) is 6.54 Å². The fourth-order valence-electron chi connectivity index (χ4n) is 2.32. The lowest BCUT2D eigenvalue weighted by Gasteiger charge is -2.26. The van der Waals surface area contributed by atoms with Crippen molar-refractivity contribution in [1.82, 2.24) is 10.6 Å². The van der Waals surface area contributed by atoms with Gasteiger partial charge in [-0.05, 0) is 12.0 Å². The van der Waals surface area contributed by atoms with Crippen molar-refractivity contribution < 1.29 is 9.59 Å². The molecule has 1 aliphatic rings. The molecule has 0 spiro atoms. The number of hydrogen-bond donors (Lipinski definition) is 3. The number of rotatable bonds is 4. The number of carbonyl (C=O) groups excluding carboxylic acids is 2. The third-order valence-corrected chi connectivity index (χ3v) is 3.75. The summed E-state index contributed by atoms with van der Waals surface area (Å²) in [7, 11) is 0. The number of amides is 2. The van der Waals surface area contributed by atoms with Crippen molar-refractivity contribution in [1.29, 1.82) is 0 Å². The average Bonchev–Trinajstić information content (AvgIpc) is 2.49. The maximum Gasteiger partial charge on any atom is 0.225 e. The van der Waals surface area contributed by atoms with Crippen LogP contribution in [-0.4, -0.2) is 24.4 Å². The maximum absolute atomic E-state index is 12.2. The van der Waals surface area contributed by atoms with Gasteiger partial charge in [-0.2, -0.15) is 0 Å². The largest absolute Gasteiger partial charge is 0.354 e. The third kappa shape index (κ3) is 3.57. The highest BCUT2D eigenvalue weighted by Gasteiger charge is 2.26. The molecule has 5 nitrogen and oxygen atoms in total. The van der Waals surface area contributed by atoms with Crippen LogP contribution in [0.4, 0.5) is 0 Å². The van der Waals surface area contributed by atoms with E-state index in [0.717, 1.165) is 5.56 Å². The highest BCUT2D eigenvalue weighted by atomic mass is 16.2. The van der Waals surface area contributed by atoms with Crippen molar-refractivity contribution in [3.8, 4) is 0 Å². The quantitative estimate of drug-likeness (QED) is 0.757. The van der Waals surface area contributed by atoms with Crippen LogP contribution in [0.15, 0.2) is 30.3 Å². The van der Waals surface area contributed by atoms with Gasteiger partial charge < -0.3 is 16.4 Å². The summed E-state index contributed by atoms with van der Waals surface area (Å²) in [5, 5.41) is 5.71. The Hall–Kier alpha value is -1.88. The van der Waals surface area contributed by atoms with Crippen LogP contribution < -0.4 is 16.4 Å². The summed E-state index contributed by atoms with van der Waals surface area (Å²) in [5.74, 6) is -0.331. The molecule has 0 aliphatic carbocycles. The predicted molar refractivity (Wildman–Crippen MR) is 76.7 cm³/mol. The first-order chi connectivity index (χ1) is 9.58. The van der Waals surface area contributed by atoms with Crippen LogP contribution in [0, 0.1) is 5.92 Å². The Morgan fingerprint density at radius 1 is 1.40 bits per heavy atom. The van der Waals surface area contributed by atoms with Gasteiger partial charge in [0.2, 0.25) is 11.8 Å². The minimum absolute atomic E-state index is 0.00521. The Bertz CT molecular complexity index is 465. The summed E-state index contributed by atoms with van der Waals surface area (Å²) >= 11 is 0. The summed E-state index contributed by atoms with van der Waals surface area (Å²) in [6, 6.07) is 9.28. The molecule has 2 amide bonds. The van der Waals surface area contributed by atoms with E-state index in [1.54, 1.807) is 0 Å². The third-order valence-electron chi connectivity index (χ3n) is 3.75. The smallest absolute Gasteiger partial charge is 0.225 e. The molecular weight excluding hydrogens is 254 g/mol. The fraction of sp³-hybridized carbons (Fsp3) is 0.467. The van der Waals surface area contributed by atoms with Gasteiger partial charge in [0.1, 0.15) is 0 Å². The van der Waals surface area contributed by atoms with E-state index in [0.29, 0.717) is 19.4 Å². The maximum atomic E-state index is 12.2. The molecule has 20 heavy (non-hydrogen) atoms. The second-order valence-corrected chi connectivity index (χ2v) is 5.27. The highest BCUT2D eigenvalue weighted by molar-refractivity contribution is 5.80. The number of nitrogens with two attached hydrogens (primary N) is 1. The first kappa shape index (κ1) is 14.5. The molecule has 1 aromatic rings. The predicted octanol–water partition coefficient (Wildman–Crippen LogP) is 0.717. The monoisotopic (exact) mass is 275 g/mol. The van der Waals surface area contributed by atoms with E-state index in [1.807, 2.05) is 37.3 Å². The number of carbonyl (C=O) groups is 2. The van der Waals surface area contributed by atoms with Crippen molar-refractivity contribution in [2.24, 2.45) is 11.7 Å². The van der Waals surface area contributed by atoms with Crippen LogP contribution in [0.2, 0.25) is 0 Å². The first-order valence-corrected chi connectivity index (χ1v) is 6.95. The molecule has 1 saturated heterocycles. The van der Waals surface area contributed by atoms with E-state index >= 15 is 0 Å². The van der Waals surface area contributed by atoms with Crippen LogP contribution in [0.1, 0.15) is 31.4 Å². The molecule has 0 aromatic heterocycles. The standard InChI is InChI=1S/C15H21N3O2/c1-10(14(16)11-5-3-2-4-6-11)15(20)18-12-7-8-13(19)17-9-12/h2-6,10,12,14H,7-9,16H2,1H3,(H,17,19)(H,18,20). The van der Waals surface area contributed by atoms with Gasteiger partial charge in [0.05, 0.1) is 5.92 Å². The van der Waals surface area contributed by atoms with Gasteiger partial charge in [-0.3, -0.25) is 9.59 Å². The van der Waals surface area contributed by atoms with E-state index in [2.05, 4.69) is 10.6 Å². The number of benzene rings is 1. The zero-order valence-electron chi connectivity index (χ0n) is 11.6. The Morgan fingerprint density at radius 3 is 2.70 bits per heavy atom. The van der Waals surface area contributed by atoms with E-state index in [9.17, 15) is 9.59 Å². The van der Waals surface area contributed by atoms with Gasteiger partial charge in [0, 0.05) is 25.0 Å². The zero-order chi connectivity index (χ0) is 14.5. The normalized spacial score (nSPS) is 21.7. The van der Waals surface area contributed by atoms with E-state index < -0.39 is 0 Å².